The van der Waals surface area contributed by atoms with Gasteiger partial charge >= 0.3 is 6.01 Å². The number of hydrogen-bond donors (Lipinski definition) is 2. The number of nitrogens with zero attached hydrogens (tertiary/aromatic N) is 2. The quantitative estimate of drug-likeness (QED) is 0.852. The summed E-state index contributed by atoms with van der Waals surface area (Å²) in [5, 5.41) is 15.0. The van der Waals surface area contributed by atoms with Crippen molar-refractivity contribution in [1.29, 1.82) is 0 Å². The molecule has 0 radical (unpaired) electrons. The average Bonchev–Trinajstić information content (AvgIpc) is 2.86. The average molecular weight is 281 g/mol. The molecular weight excluding hydrogens is 264 g/mol. The van der Waals surface area contributed by atoms with Gasteiger partial charge in [-0.25, -0.2) is 0 Å². The van der Waals surface area contributed by atoms with E-state index in [1.165, 1.54) is 0 Å². The zero-order valence-corrected chi connectivity index (χ0v) is 11.7. The van der Waals surface area contributed by atoms with Crippen molar-refractivity contribution >= 4 is 17.6 Å². The van der Waals surface area contributed by atoms with E-state index in [0.717, 1.165) is 12.1 Å². The predicted molar refractivity (Wildman–Crippen MR) is 75.2 cm³/mol. The number of benzene rings is 1. The first kappa shape index (κ1) is 13.8. The number of halogens is 1. The Labute approximate surface area is 117 Å². The maximum atomic E-state index is 5.92. The Bertz CT molecular complexity index is 529. The van der Waals surface area contributed by atoms with Crippen LogP contribution in [-0.2, 0) is 6.54 Å². The first-order valence-electron chi connectivity index (χ1n) is 6.24. The van der Waals surface area contributed by atoms with Crippen LogP contribution in [0.2, 0.25) is 5.02 Å². The van der Waals surface area contributed by atoms with Crippen LogP contribution in [0.25, 0.3) is 0 Å². The fraction of sp³-hybridized carbons (Fsp3) is 0.385. The highest BCUT2D eigenvalue weighted by molar-refractivity contribution is 6.30. The highest BCUT2D eigenvalue weighted by atomic mass is 35.5. The SMILES string of the molecule is CCNC(C)c1nnc(NCc2cccc(Cl)c2)o1. The Kier molecular flexibility index (Phi) is 4.76. The minimum atomic E-state index is 0.0548. The Hall–Kier alpha value is -1.59. The van der Waals surface area contributed by atoms with Crippen LogP contribution >= 0.6 is 11.6 Å². The van der Waals surface area contributed by atoms with Crippen molar-refractivity contribution in [1.82, 2.24) is 15.5 Å². The zero-order chi connectivity index (χ0) is 13.7. The van der Waals surface area contributed by atoms with Gasteiger partial charge in [0.25, 0.3) is 0 Å². The van der Waals surface area contributed by atoms with E-state index >= 15 is 0 Å². The van der Waals surface area contributed by atoms with E-state index in [1.807, 2.05) is 38.1 Å². The molecule has 0 fully saturated rings. The topological polar surface area (TPSA) is 63.0 Å². The molecule has 6 heteroatoms. The van der Waals surface area contributed by atoms with Crippen molar-refractivity contribution in [2.24, 2.45) is 0 Å². The molecule has 102 valence electrons. The standard InChI is InChI=1S/C13H17ClN4O/c1-3-15-9(2)12-17-18-13(19-12)16-8-10-5-4-6-11(14)7-10/h4-7,9,15H,3,8H2,1-2H3,(H,16,18). The number of aromatic nitrogens is 2. The third-order valence-electron chi connectivity index (χ3n) is 2.65. The lowest BCUT2D eigenvalue weighted by atomic mass is 10.2. The Balaban J connectivity index is 1.93. The van der Waals surface area contributed by atoms with Gasteiger partial charge in [0.15, 0.2) is 0 Å². The van der Waals surface area contributed by atoms with Crippen LogP contribution in [-0.4, -0.2) is 16.7 Å². The van der Waals surface area contributed by atoms with Crippen LogP contribution in [0.4, 0.5) is 6.01 Å². The summed E-state index contributed by atoms with van der Waals surface area (Å²) in [5.74, 6) is 0.579. The Morgan fingerprint density at radius 1 is 1.37 bits per heavy atom. The molecule has 1 unspecified atom stereocenters. The lowest BCUT2D eigenvalue weighted by Gasteiger charge is -2.06. The largest absolute Gasteiger partial charge is 0.406 e. The second kappa shape index (κ2) is 6.54. The van der Waals surface area contributed by atoms with Gasteiger partial charge < -0.3 is 15.1 Å². The second-order valence-electron chi connectivity index (χ2n) is 4.21. The summed E-state index contributed by atoms with van der Waals surface area (Å²) in [6.45, 7) is 5.47. The van der Waals surface area contributed by atoms with E-state index in [1.54, 1.807) is 0 Å². The molecule has 1 heterocycles. The molecule has 2 rings (SSSR count). The summed E-state index contributed by atoms with van der Waals surface area (Å²) in [7, 11) is 0. The van der Waals surface area contributed by atoms with Gasteiger partial charge in [-0.15, -0.1) is 5.10 Å². The molecule has 0 spiro atoms. The van der Waals surface area contributed by atoms with Crippen LogP contribution < -0.4 is 10.6 Å². The number of anilines is 1. The minimum absolute atomic E-state index is 0.0548. The molecule has 0 aliphatic rings. The number of nitrogens with one attached hydrogen (secondary N) is 2. The van der Waals surface area contributed by atoms with Gasteiger partial charge in [0.2, 0.25) is 5.89 Å². The van der Waals surface area contributed by atoms with Crippen molar-refractivity contribution in [2.45, 2.75) is 26.4 Å². The molecule has 19 heavy (non-hydrogen) atoms. The van der Waals surface area contributed by atoms with E-state index < -0.39 is 0 Å². The van der Waals surface area contributed by atoms with E-state index in [4.69, 9.17) is 16.0 Å². The predicted octanol–water partition coefficient (Wildman–Crippen LogP) is 3.01. The zero-order valence-electron chi connectivity index (χ0n) is 11.0. The third-order valence-corrected chi connectivity index (χ3v) is 2.89. The smallest absolute Gasteiger partial charge is 0.315 e. The van der Waals surface area contributed by atoms with E-state index in [-0.39, 0.29) is 6.04 Å². The molecule has 1 aromatic heterocycles. The van der Waals surface area contributed by atoms with Gasteiger partial charge in [0, 0.05) is 11.6 Å². The van der Waals surface area contributed by atoms with E-state index in [2.05, 4.69) is 20.8 Å². The molecule has 0 aliphatic heterocycles. The number of rotatable bonds is 6. The van der Waals surface area contributed by atoms with Gasteiger partial charge in [-0.2, -0.15) is 0 Å². The fourth-order valence-corrected chi connectivity index (χ4v) is 1.91. The molecular formula is C13H17ClN4O. The van der Waals surface area contributed by atoms with Gasteiger partial charge in [-0.3, -0.25) is 0 Å². The van der Waals surface area contributed by atoms with Crippen LogP contribution in [0.1, 0.15) is 31.3 Å². The van der Waals surface area contributed by atoms with Crippen molar-refractivity contribution in [3.63, 3.8) is 0 Å². The Morgan fingerprint density at radius 2 is 2.21 bits per heavy atom. The first-order chi connectivity index (χ1) is 9.19. The molecule has 0 bridgehead atoms. The maximum Gasteiger partial charge on any atom is 0.315 e. The molecule has 1 atom stereocenters. The highest BCUT2D eigenvalue weighted by Gasteiger charge is 2.12. The molecule has 5 nitrogen and oxygen atoms in total. The summed E-state index contributed by atoms with van der Waals surface area (Å²) in [6, 6.07) is 8.10. The lowest BCUT2D eigenvalue weighted by molar-refractivity contribution is 0.428. The minimum Gasteiger partial charge on any atom is -0.406 e. The second-order valence-corrected chi connectivity index (χ2v) is 4.64. The van der Waals surface area contributed by atoms with Crippen molar-refractivity contribution in [3.05, 3.63) is 40.7 Å². The molecule has 2 aromatic rings. The van der Waals surface area contributed by atoms with Crippen LogP contribution in [0.15, 0.2) is 28.7 Å². The summed E-state index contributed by atoms with van der Waals surface area (Å²) >= 11 is 5.92. The fourth-order valence-electron chi connectivity index (χ4n) is 1.70. The summed E-state index contributed by atoms with van der Waals surface area (Å²) in [6.07, 6.45) is 0. The van der Waals surface area contributed by atoms with Crippen molar-refractivity contribution in [3.8, 4) is 0 Å². The van der Waals surface area contributed by atoms with Crippen LogP contribution in [0.5, 0.6) is 0 Å². The normalized spacial score (nSPS) is 12.4. The first-order valence-corrected chi connectivity index (χ1v) is 6.62. The summed E-state index contributed by atoms with van der Waals surface area (Å²) in [5.41, 5.74) is 1.06. The molecule has 1 aromatic carbocycles. The third kappa shape index (κ3) is 3.94. The molecule has 0 saturated carbocycles. The highest BCUT2D eigenvalue weighted by Crippen LogP contribution is 2.15. The van der Waals surface area contributed by atoms with E-state index in [0.29, 0.717) is 23.5 Å². The summed E-state index contributed by atoms with van der Waals surface area (Å²) in [4.78, 5) is 0. The van der Waals surface area contributed by atoms with Crippen molar-refractivity contribution < 1.29 is 4.42 Å². The Morgan fingerprint density at radius 3 is 2.95 bits per heavy atom. The monoisotopic (exact) mass is 280 g/mol. The lowest BCUT2D eigenvalue weighted by Crippen LogP contribution is -2.17. The van der Waals surface area contributed by atoms with Gasteiger partial charge in [-0.1, -0.05) is 35.8 Å². The maximum absolute atomic E-state index is 5.92. The van der Waals surface area contributed by atoms with Crippen molar-refractivity contribution in [2.75, 3.05) is 11.9 Å². The van der Waals surface area contributed by atoms with Crippen LogP contribution in [0, 0.1) is 0 Å². The van der Waals surface area contributed by atoms with Gasteiger partial charge in [-0.05, 0) is 31.2 Å². The molecule has 0 saturated heterocycles. The van der Waals surface area contributed by atoms with E-state index in [9.17, 15) is 0 Å². The molecule has 0 aliphatic carbocycles. The van der Waals surface area contributed by atoms with Gasteiger partial charge in [0.1, 0.15) is 0 Å². The summed E-state index contributed by atoms with van der Waals surface area (Å²) < 4.78 is 5.52. The van der Waals surface area contributed by atoms with Gasteiger partial charge in [0.05, 0.1) is 6.04 Å². The number of hydrogen-bond acceptors (Lipinski definition) is 5. The molecule has 0 amide bonds. The van der Waals surface area contributed by atoms with Crippen LogP contribution in [0.3, 0.4) is 0 Å². The molecule has 2 N–H and O–H groups in total.